The highest BCUT2D eigenvalue weighted by molar-refractivity contribution is 7.10. The monoisotopic (exact) mass is 456 g/mol. The molecule has 2 heterocycles. The molecule has 0 spiro atoms. The molecule has 9 nitrogen and oxygen atoms in total. The quantitative estimate of drug-likeness (QED) is 0.644. The van der Waals surface area contributed by atoms with Crippen LogP contribution in [0.5, 0.6) is 5.75 Å². The van der Waals surface area contributed by atoms with Crippen LogP contribution in [0.15, 0.2) is 23.6 Å². The molecular weight excluding hydrogens is 432 g/mol. The molecule has 0 unspecified atom stereocenters. The zero-order chi connectivity index (χ0) is 23.1. The highest BCUT2D eigenvalue weighted by atomic mass is 32.1. The van der Waals surface area contributed by atoms with E-state index in [2.05, 4.69) is 22.1 Å². The van der Waals surface area contributed by atoms with Crippen LogP contribution >= 0.6 is 11.3 Å². The van der Waals surface area contributed by atoms with Crippen LogP contribution in [0.25, 0.3) is 0 Å². The topological polar surface area (TPSA) is 124 Å². The van der Waals surface area contributed by atoms with Crippen molar-refractivity contribution in [2.24, 2.45) is 5.73 Å². The molecule has 1 aromatic carbocycles. The summed E-state index contributed by atoms with van der Waals surface area (Å²) in [6, 6.07) is 4.56. The van der Waals surface area contributed by atoms with Gasteiger partial charge in [-0.3, -0.25) is 9.59 Å². The number of piperidine rings is 1. The summed E-state index contributed by atoms with van der Waals surface area (Å²) in [7, 11) is 1.47. The van der Waals surface area contributed by atoms with E-state index in [1.54, 1.807) is 23.3 Å². The molecule has 1 fully saturated rings. The minimum absolute atomic E-state index is 0.0906. The Balaban J connectivity index is 1.61. The molecule has 1 aliphatic rings. The first-order chi connectivity index (χ1) is 15.4. The third-order valence-electron chi connectivity index (χ3n) is 5.03. The summed E-state index contributed by atoms with van der Waals surface area (Å²) in [5, 5.41) is 5.27. The number of primary amides is 1. The zero-order valence-corrected chi connectivity index (χ0v) is 18.7. The van der Waals surface area contributed by atoms with Gasteiger partial charge in [-0.25, -0.2) is 9.78 Å². The van der Waals surface area contributed by atoms with E-state index in [4.69, 9.17) is 15.2 Å². The number of anilines is 1. The lowest BCUT2D eigenvalue weighted by Gasteiger charge is -2.30. The van der Waals surface area contributed by atoms with Crippen LogP contribution in [0.2, 0.25) is 0 Å². The van der Waals surface area contributed by atoms with Gasteiger partial charge in [0.15, 0.2) is 6.61 Å². The Morgan fingerprint density at radius 1 is 1.31 bits per heavy atom. The highest BCUT2D eigenvalue weighted by Gasteiger charge is 2.27. The first kappa shape index (κ1) is 23.1. The number of methoxy groups -OCH3 is 1. The van der Waals surface area contributed by atoms with Gasteiger partial charge in [0.1, 0.15) is 11.4 Å². The van der Waals surface area contributed by atoms with Crippen molar-refractivity contribution in [1.82, 2.24) is 9.88 Å². The summed E-state index contributed by atoms with van der Waals surface area (Å²) in [6.45, 7) is 2.90. The van der Waals surface area contributed by atoms with Gasteiger partial charge in [0.25, 0.3) is 5.91 Å². The molecule has 168 valence electrons. The molecule has 10 heteroatoms. The Morgan fingerprint density at radius 3 is 2.72 bits per heavy atom. The Kier molecular flexibility index (Phi) is 7.68. The molecule has 0 atom stereocenters. The Labute approximate surface area is 189 Å². The van der Waals surface area contributed by atoms with Crippen molar-refractivity contribution in [2.75, 3.05) is 32.1 Å². The Bertz CT molecular complexity index is 1060. The maximum Gasteiger partial charge on any atom is 0.410 e. The molecule has 3 rings (SSSR count). The van der Waals surface area contributed by atoms with E-state index < -0.39 is 11.8 Å². The number of thiazole rings is 1. The predicted molar refractivity (Wildman–Crippen MR) is 120 cm³/mol. The van der Waals surface area contributed by atoms with E-state index in [1.807, 2.05) is 0 Å². The second-order valence-electron chi connectivity index (χ2n) is 7.05. The van der Waals surface area contributed by atoms with Crippen molar-refractivity contribution in [2.45, 2.75) is 25.7 Å². The molecule has 0 bridgehead atoms. The maximum atomic E-state index is 12.7. The van der Waals surface area contributed by atoms with Crippen LogP contribution in [-0.2, 0) is 4.74 Å². The number of amides is 3. The number of benzene rings is 1. The number of hydrogen-bond acceptors (Lipinski definition) is 7. The molecule has 0 saturated carbocycles. The molecule has 3 N–H and O–H groups in total. The maximum absolute atomic E-state index is 12.7. The average molecular weight is 457 g/mol. The first-order valence-corrected chi connectivity index (χ1v) is 10.9. The molecule has 1 aliphatic heterocycles. The second-order valence-corrected chi connectivity index (χ2v) is 7.94. The largest absolute Gasteiger partial charge is 0.495 e. The van der Waals surface area contributed by atoms with Crippen molar-refractivity contribution < 1.29 is 23.9 Å². The van der Waals surface area contributed by atoms with Gasteiger partial charge in [0, 0.05) is 30.0 Å². The third-order valence-corrected chi connectivity index (χ3v) is 6.04. The third kappa shape index (κ3) is 5.56. The van der Waals surface area contributed by atoms with Crippen molar-refractivity contribution in [3.8, 4) is 17.6 Å². The fourth-order valence-electron chi connectivity index (χ4n) is 3.29. The molecule has 0 aliphatic carbocycles. The summed E-state index contributed by atoms with van der Waals surface area (Å²) in [5.41, 5.74) is 6.19. The number of nitrogens with one attached hydrogen (secondary N) is 1. The SMILES string of the molecule is CC#CCOC(=O)N1CCC(c2nc(C(=O)Nc3cc(C(N)=O)ccc3OC)cs2)CC1. The summed E-state index contributed by atoms with van der Waals surface area (Å²) in [5.74, 6) is 4.94. The van der Waals surface area contributed by atoms with Crippen LogP contribution in [-0.4, -0.2) is 54.6 Å². The fourth-order valence-corrected chi connectivity index (χ4v) is 4.27. The summed E-state index contributed by atoms with van der Waals surface area (Å²) in [4.78, 5) is 42.3. The smallest absolute Gasteiger partial charge is 0.410 e. The predicted octanol–water partition coefficient (Wildman–Crippen LogP) is 2.84. The first-order valence-electron chi connectivity index (χ1n) is 9.98. The van der Waals surface area contributed by atoms with Crippen molar-refractivity contribution in [3.05, 3.63) is 39.8 Å². The highest BCUT2D eigenvalue weighted by Crippen LogP contribution is 2.31. The van der Waals surface area contributed by atoms with E-state index in [1.165, 1.54) is 30.6 Å². The lowest BCUT2D eigenvalue weighted by molar-refractivity contribution is 0.0994. The normalized spacial score (nSPS) is 13.6. The van der Waals surface area contributed by atoms with E-state index in [0.717, 1.165) is 17.8 Å². The summed E-state index contributed by atoms with van der Waals surface area (Å²) >= 11 is 1.41. The molecule has 2 aromatic rings. The van der Waals surface area contributed by atoms with Gasteiger partial charge in [0.2, 0.25) is 5.91 Å². The van der Waals surface area contributed by atoms with Crippen molar-refractivity contribution in [1.29, 1.82) is 0 Å². The number of carbonyl (C=O) groups excluding carboxylic acids is 3. The lowest BCUT2D eigenvalue weighted by Crippen LogP contribution is -2.38. The number of aromatic nitrogens is 1. The van der Waals surface area contributed by atoms with Gasteiger partial charge in [-0.1, -0.05) is 5.92 Å². The number of likely N-dealkylation sites (tertiary alicyclic amines) is 1. The number of carbonyl (C=O) groups is 3. The van der Waals surface area contributed by atoms with Crippen LogP contribution in [0, 0.1) is 11.8 Å². The van der Waals surface area contributed by atoms with Crippen molar-refractivity contribution >= 4 is 34.9 Å². The van der Waals surface area contributed by atoms with Gasteiger partial charge in [0.05, 0.1) is 17.8 Å². The Hall–Kier alpha value is -3.58. The number of rotatable bonds is 6. The second kappa shape index (κ2) is 10.6. The van der Waals surface area contributed by atoms with Gasteiger partial charge in [-0.2, -0.15) is 0 Å². The number of nitrogens with zero attached hydrogens (tertiary/aromatic N) is 2. The number of nitrogens with two attached hydrogens (primary N) is 1. The number of ether oxygens (including phenoxy) is 2. The van der Waals surface area contributed by atoms with Gasteiger partial charge in [-0.15, -0.1) is 17.3 Å². The van der Waals surface area contributed by atoms with Gasteiger partial charge < -0.3 is 25.4 Å². The van der Waals surface area contributed by atoms with E-state index in [0.29, 0.717) is 24.5 Å². The average Bonchev–Trinajstić information content (AvgIpc) is 3.29. The van der Waals surface area contributed by atoms with Crippen LogP contribution in [0.3, 0.4) is 0 Å². The van der Waals surface area contributed by atoms with E-state index in [-0.39, 0.29) is 29.9 Å². The standard InChI is InChI=1S/C22H24N4O5S/c1-3-4-11-31-22(29)26-9-7-14(8-10-26)21-25-17(13-32-21)20(28)24-16-12-15(19(23)27)5-6-18(16)30-2/h5-6,12-14H,7-11H2,1-2H3,(H2,23,27)(H,24,28). The molecule has 0 radical (unpaired) electrons. The van der Waals surface area contributed by atoms with Crippen LogP contribution in [0.4, 0.5) is 10.5 Å². The Morgan fingerprint density at radius 2 is 2.06 bits per heavy atom. The lowest BCUT2D eigenvalue weighted by atomic mass is 9.98. The van der Waals surface area contributed by atoms with Crippen LogP contribution < -0.4 is 15.8 Å². The number of hydrogen-bond donors (Lipinski definition) is 2. The minimum Gasteiger partial charge on any atom is -0.495 e. The zero-order valence-electron chi connectivity index (χ0n) is 17.8. The molecular formula is C22H24N4O5S. The van der Waals surface area contributed by atoms with Crippen molar-refractivity contribution in [3.63, 3.8) is 0 Å². The van der Waals surface area contributed by atoms with E-state index in [9.17, 15) is 14.4 Å². The molecule has 1 aromatic heterocycles. The van der Waals surface area contributed by atoms with Gasteiger partial charge in [-0.05, 0) is 38.0 Å². The fraction of sp³-hybridized carbons (Fsp3) is 0.364. The summed E-state index contributed by atoms with van der Waals surface area (Å²) in [6.07, 6.45) is 1.10. The van der Waals surface area contributed by atoms with E-state index >= 15 is 0 Å². The minimum atomic E-state index is -0.604. The molecule has 32 heavy (non-hydrogen) atoms. The van der Waals surface area contributed by atoms with Crippen LogP contribution in [0.1, 0.15) is 51.5 Å². The molecule has 3 amide bonds. The summed E-state index contributed by atoms with van der Waals surface area (Å²) < 4.78 is 10.3. The molecule has 1 saturated heterocycles. The van der Waals surface area contributed by atoms with Gasteiger partial charge >= 0.3 is 6.09 Å².